The Kier molecular flexibility index (Phi) is 5.20. The number of carbonyl (C=O) groups is 2. The van der Waals surface area contributed by atoms with Gasteiger partial charge in [0.05, 0.1) is 11.6 Å². The quantitative estimate of drug-likeness (QED) is 0.705. The number of nitrogens with one attached hydrogen (secondary N) is 2. The SMILES string of the molecule is O=C1OC(CF)(CF)n2c1cc1cc(NC(=O)[C@H]3NCCC3C3CCCCC3)ccc12. The molecule has 0 radical (unpaired) electrons. The number of aromatic nitrogens is 1. The third-order valence-electron chi connectivity index (χ3n) is 7.19. The summed E-state index contributed by atoms with van der Waals surface area (Å²) >= 11 is 0. The average Bonchev–Trinajstić information content (AvgIpc) is 3.49. The van der Waals surface area contributed by atoms with Crippen LogP contribution in [0.25, 0.3) is 10.9 Å². The maximum Gasteiger partial charge on any atom is 0.357 e. The van der Waals surface area contributed by atoms with Crippen molar-refractivity contribution in [2.24, 2.45) is 11.8 Å². The fraction of sp³-hybridized carbons (Fsp3) is 0.565. The van der Waals surface area contributed by atoms with E-state index in [4.69, 9.17) is 4.74 Å². The maximum atomic E-state index is 13.6. The highest BCUT2D eigenvalue weighted by Gasteiger charge is 2.47. The zero-order chi connectivity index (χ0) is 21.6. The van der Waals surface area contributed by atoms with Gasteiger partial charge in [-0.1, -0.05) is 32.1 Å². The summed E-state index contributed by atoms with van der Waals surface area (Å²) in [7, 11) is 0. The number of fused-ring (bicyclic) bond motifs is 3. The molecule has 1 aliphatic carbocycles. The summed E-state index contributed by atoms with van der Waals surface area (Å²) in [6, 6.07) is 6.44. The van der Waals surface area contributed by atoms with Crippen molar-refractivity contribution in [3.05, 3.63) is 30.0 Å². The van der Waals surface area contributed by atoms with Crippen LogP contribution in [0.15, 0.2) is 24.3 Å². The number of anilines is 1. The minimum absolute atomic E-state index is 0.0551. The molecule has 0 bridgehead atoms. The lowest BCUT2D eigenvalue weighted by molar-refractivity contribution is -0.119. The minimum atomic E-state index is -1.94. The van der Waals surface area contributed by atoms with E-state index in [1.165, 1.54) is 36.7 Å². The predicted molar refractivity (Wildman–Crippen MR) is 112 cm³/mol. The van der Waals surface area contributed by atoms with Gasteiger partial charge in [0.15, 0.2) is 13.3 Å². The fourth-order valence-electron chi connectivity index (χ4n) is 5.66. The summed E-state index contributed by atoms with van der Waals surface area (Å²) < 4.78 is 33.5. The summed E-state index contributed by atoms with van der Waals surface area (Å²) in [5, 5.41) is 6.98. The van der Waals surface area contributed by atoms with Crippen LogP contribution in [0.3, 0.4) is 0 Å². The normalized spacial score (nSPS) is 25.5. The first-order chi connectivity index (χ1) is 15.1. The first kappa shape index (κ1) is 20.4. The third-order valence-corrected chi connectivity index (χ3v) is 7.19. The summed E-state index contributed by atoms with van der Waals surface area (Å²) in [5.74, 6) is 0.145. The van der Waals surface area contributed by atoms with Crippen LogP contribution in [0.5, 0.6) is 0 Å². The first-order valence-corrected chi connectivity index (χ1v) is 11.1. The second-order valence-corrected chi connectivity index (χ2v) is 9.01. The number of alkyl halides is 2. The molecule has 2 atom stereocenters. The van der Waals surface area contributed by atoms with E-state index in [1.54, 1.807) is 24.3 Å². The molecule has 3 heterocycles. The number of nitrogens with zero attached hydrogens (tertiary/aromatic N) is 1. The van der Waals surface area contributed by atoms with Gasteiger partial charge in [-0.05, 0) is 49.1 Å². The molecule has 1 aromatic heterocycles. The van der Waals surface area contributed by atoms with Gasteiger partial charge in [-0.2, -0.15) is 0 Å². The summed E-state index contributed by atoms with van der Waals surface area (Å²) in [6.45, 7) is -1.46. The summed E-state index contributed by atoms with van der Waals surface area (Å²) in [5.41, 5.74) is -0.742. The van der Waals surface area contributed by atoms with E-state index < -0.39 is 25.0 Å². The van der Waals surface area contributed by atoms with E-state index in [0.717, 1.165) is 13.0 Å². The Morgan fingerprint density at radius 2 is 1.94 bits per heavy atom. The molecule has 166 valence electrons. The van der Waals surface area contributed by atoms with Gasteiger partial charge < -0.3 is 15.4 Å². The Hall–Kier alpha value is -2.48. The molecule has 1 amide bonds. The smallest absolute Gasteiger partial charge is 0.357 e. The molecule has 8 heteroatoms. The van der Waals surface area contributed by atoms with Crippen LogP contribution in [0.1, 0.15) is 49.0 Å². The summed E-state index contributed by atoms with van der Waals surface area (Å²) in [4.78, 5) is 25.2. The zero-order valence-electron chi connectivity index (χ0n) is 17.3. The van der Waals surface area contributed by atoms with E-state index in [0.29, 0.717) is 28.4 Å². The van der Waals surface area contributed by atoms with Gasteiger partial charge in [-0.25, -0.2) is 13.6 Å². The largest absolute Gasteiger partial charge is 0.428 e. The van der Waals surface area contributed by atoms with Crippen LogP contribution >= 0.6 is 0 Å². The summed E-state index contributed by atoms with van der Waals surface area (Å²) in [6.07, 6.45) is 7.18. The van der Waals surface area contributed by atoms with E-state index >= 15 is 0 Å². The van der Waals surface area contributed by atoms with Crippen LogP contribution in [-0.4, -0.2) is 42.4 Å². The van der Waals surface area contributed by atoms with Gasteiger partial charge in [-0.15, -0.1) is 0 Å². The first-order valence-electron chi connectivity index (χ1n) is 11.1. The van der Waals surface area contributed by atoms with E-state index in [-0.39, 0.29) is 17.6 Å². The van der Waals surface area contributed by atoms with Gasteiger partial charge in [0.2, 0.25) is 11.6 Å². The number of hydrogen-bond acceptors (Lipinski definition) is 4. The highest BCUT2D eigenvalue weighted by Crippen LogP contribution is 2.38. The molecule has 0 spiro atoms. The molecule has 3 aliphatic rings. The highest BCUT2D eigenvalue weighted by molar-refractivity contribution is 6.01. The minimum Gasteiger partial charge on any atom is -0.428 e. The third kappa shape index (κ3) is 3.32. The van der Waals surface area contributed by atoms with Crippen molar-refractivity contribution < 1.29 is 23.1 Å². The second-order valence-electron chi connectivity index (χ2n) is 9.01. The van der Waals surface area contributed by atoms with Gasteiger partial charge in [0.25, 0.3) is 0 Å². The van der Waals surface area contributed by atoms with Crippen molar-refractivity contribution in [3.8, 4) is 0 Å². The number of ether oxygens (including phenoxy) is 1. The zero-order valence-corrected chi connectivity index (χ0v) is 17.3. The predicted octanol–water partition coefficient (Wildman–Crippen LogP) is 3.90. The number of esters is 1. The van der Waals surface area contributed by atoms with Crippen molar-refractivity contribution in [1.29, 1.82) is 0 Å². The maximum absolute atomic E-state index is 13.6. The van der Waals surface area contributed by atoms with Crippen molar-refractivity contribution in [1.82, 2.24) is 9.88 Å². The van der Waals surface area contributed by atoms with Gasteiger partial charge in [-0.3, -0.25) is 9.36 Å². The van der Waals surface area contributed by atoms with Crippen molar-refractivity contribution in [2.45, 2.75) is 50.3 Å². The average molecular weight is 431 g/mol. The molecule has 1 unspecified atom stereocenters. The Labute approximate surface area is 179 Å². The van der Waals surface area contributed by atoms with E-state index in [2.05, 4.69) is 10.6 Å². The van der Waals surface area contributed by atoms with Crippen molar-refractivity contribution >= 4 is 28.5 Å². The molecule has 1 saturated carbocycles. The van der Waals surface area contributed by atoms with Crippen LogP contribution in [0.2, 0.25) is 0 Å². The molecular formula is C23H27F2N3O3. The number of hydrogen-bond donors (Lipinski definition) is 2. The number of rotatable bonds is 5. The number of halogens is 2. The molecule has 2 N–H and O–H groups in total. The molecule has 1 saturated heterocycles. The standard InChI is InChI=1S/C23H27F2N3O3/c24-12-23(13-25)28-18-7-6-16(10-15(18)11-19(28)22(30)31-23)27-21(29)20-17(8-9-26-20)14-4-2-1-3-5-14/h6-7,10-11,14,17,20,26H,1-5,8-9,12-13H2,(H,27,29)/t17?,20-/m0/s1. The van der Waals surface area contributed by atoms with Gasteiger partial charge in [0.1, 0.15) is 5.69 Å². The molecule has 5 rings (SSSR count). The number of amides is 1. The molecular weight excluding hydrogens is 404 g/mol. The Morgan fingerprint density at radius 3 is 2.68 bits per heavy atom. The Balaban J connectivity index is 1.38. The lowest BCUT2D eigenvalue weighted by Gasteiger charge is -2.30. The van der Waals surface area contributed by atoms with E-state index in [9.17, 15) is 18.4 Å². The van der Waals surface area contributed by atoms with Crippen LogP contribution in [-0.2, 0) is 15.3 Å². The van der Waals surface area contributed by atoms with Crippen molar-refractivity contribution in [3.63, 3.8) is 0 Å². The second kappa shape index (κ2) is 7.89. The van der Waals surface area contributed by atoms with Crippen LogP contribution in [0, 0.1) is 11.8 Å². The molecule has 2 fully saturated rings. The fourth-order valence-corrected chi connectivity index (χ4v) is 5.66. The topological polar surface area (TPSA) is 72.4 Å². The molecule has 6 nitrogen and oxygen atoms in total. The van der Waals surface area contributed by atoms with E-state index in [1.807, 2.05) is 0 Å². The number of cyclic esters (lactones) is 1. The van der Waals surface area contributed by atoms with Crippen LogP contribution < -0.4 is 10.6 Å². The highest BCUT2D eigenvalue weighted by atomic mass is 19.1. The Morgan fingerprint density at radius 1 is 1.16 bits per heavy atom. The molecule has 2 aromatic rings. The molecule has 2 aliphatic heterocycles. The van der Waals surface area contributed by atoms with Crippen LogP contribution in [0.4, 0.5) is 14.5 Å². The number of benzene rings is 1. The lowest BCUT2D eigenvalue weighted by Crippen LogP contribution is -2.42. The van der Waals surface area contributed by atoms with Gasteiger partial charge in [0, 0.05) is 11.1 Å². The molecule has 31 heavy (non-hydrogen) atoms. The lowest BCUT2D eigenvalue weighted by atomic mass is 9.76. The Bertz CT molecular complexity index is 1010. The monoisotopic (exact) mass is 431 g/mol. The molecule has 1 aromatic carbocycles. The van der Waals surface area contributed by atoms with Gasteiger partial charge >= 0.3 is 5.97 Å². The number of carbonyl (C=O) groups excluding carboxylic acids is 2. The van der Waals surface area contributed by atoms with Crippen molar-refractivity contribution in [2.75, 3.05) is 25.2 Å².